The molecule has 1 N–H and O–H groups in total. The van der Waals surface area contributed by atoms with Crippen molar-refractivity contribution in [2.45, 2.75) is 44.7 Å². The molecule has 20 heavy (non-hydrogen) atoms. The molecule has 1 saturated carbocycles. The highest BCUT2D eigenvalue weighted by molar-refractivity contribution is 5.43. The van der Waals surface area contributed by atoms with E-state index in [1.165, 1.54) is 37.7 Å². The van der Waals surface area contributed by atoms with Crippen molar-refractivity contribution in [3.8, 4) is 23.8 Å². The number of terminal acetylenes is 1. The maximum Gasteiger partial charge on any atom is 0.162 e. The molecule has 0 aliphatic heterocycles. The van der Waals surface area contributed by atoms with Gasteiger partial charge in [-0.2, -0.15) is 0 Å². The van der Waals surface area contributed by atoms with Gasteiger partial charge in [0.2, 0.25) is 0 Å². The zero-order chi connectivity index (χ0) is 14.2. The summed E-state index contributed by atoms with van der Waals surface area (Å²) in [5.74, 6) is 3.90. The van der Waals surface area contributed by atoms with E-state index in [9.17, 15) is 0 Å². The van der Waals surface area contributed by atoms with Crippen LogP contribution in [-0.2, 0) is 6.54 Å². The largest absolute Gasteiger partial charge is 0.493 e. The van der Waals surface area contributed by atoms with E-state index < -0.39 is 0 Å². The Labute approximate surface area is 121 Å². The van der Waals surface area contributed by atoms with Gasteiger partial charge in [0.25, 0.3) is 0 Å². The Morgan fingerprint density at radius 2 is 2.05 bits per heavy atom. The molecule has 0 bridgehead atoms. The fourth-order valence-electron chi connectivity index (χ4n) is 2.63. The Kier molecular flexibility index (Phi) is 5.76. The van der Waals surface area contributed by atoms with Crippen molar-refractivity contribution in [3.05, 3.63) is 23.8 Å². The molecule has 0 spiro atoms. The number of hydrogen-bond donors (Lipinski definition) is 1. The third-order valence-corrected chi connectivity index (χ3v) is 3.74. The summed E-state index contributed by atoms with van der Waals surface area (Å²) in [7, 11) is 1.65. The van der Waals surface area contributed by atoms with Crippen LogP contribution in [0.1, 0.15) is 37.7 Å². The highest BCUT2D eigenvalue weighted by Gasteiger charge is 2.13. The number of rotatable bonds is 6. The molecule has 0 amide bonds. The van der Waals surface area contributed by atoms with E-state index in [0.717, 1.165) is 12.3 Å². The maximum absolute atomic E-state index is 5.45. The van der Waals surface area contributed by atoms with Gasteiger partial charge in [-0.15, -0.1) is 6.42 Å². The first-order valence-electron chi connectivity index (χ1n) is 7.30. The SMILES string of the molecule is C#CCOc1ccc(CNC2CCCCC2)cc1OC. The lowest BCUT2D eigenvalue weighted by molar-refractivity contribution is 0.330. The molecular weight excluding hydrogens is 250 g/mol. The second-order valence-electron chi connectivity index (χ2n) is 5.19. The molecule has 2 rings (SSSR count). The number of hydrogen-bond acceptors (Lipinski definition) is 3. The van der Waals surface area contributed by atoms with E-state index in [0.29, 0.717) is 11.8 Å². The number of methoxy groups -OCH3 is 1. The van der Waals surface area contributed by atoms with Crippen LogP contribution in [0, 0.1) is 12.3 Å². The Balaban J connectivity index is 1.92. The highest BCUT2D eigenvalue weighted by atomic mass is 16.5. The summed E-state index contributed by atoms with van der Waals surface area (Å²) in [6.07, 6.45) is 11.9. The summed E-state index contributed by atoms with van der Waals surface area (Å²) in [4.78, 5) is 0. The molecule has 1 aliphatic carbocycles. The lowest BCUT2D eigenvalue weighted by Gasteiger charge is -2.23. The fraction of sp³-hybridized carbons (Fsp3) is 0.529. The molecule has 0 heterocycles. The minimum atomic E-state index is 0.260. The fourth-order valence-corrected chi connectivity index (χ4v) is 2.63. The van der Waals surface area contributed by atoms with E-state index >= 15 is 0 Å². The van der Waals surface area contributed by atoms with Crippen LogP contribution in [0.25, 0.3) is 0 Å². The molecule has 108 valence electrons. The zero-order valence-electron chi connectivity index (χ0n) is 12.2. The van der Waals surface area contributed by atoms with Crippen molar-refractivity contribution < 1.29 is 9.47 Å². The van der Waals surface area contributed by atoms with Crippen molar-refractivity contribution in [1.29, 1.82) is 0 Å². The van der Waals surface area contributed by atoms with Crippen LogP contribution in [0.5, 0.6) is 11.5 Å². The first-order chi connectivity index (χ1) is 9.83. The first-order valence-corrected chi connectivity index (χ1v) is 7.30. The second kappa shape index (κ2) is 7.81. The van der Waals surface area contributed by atoms with Crippen molar-refractivity contribution in [2.24, 2.45) is 0 Å². The third kappa shape index (κ3) is 4.18. The van der Waals surface area contributed by atoms with Gasteiger partial charge in [-0.1, -0.05) is 31.2 Å². The summed E-state index contributed by atoms with van der Waals surface area (Å²) in [5.41, 5.74) is 1.21. The topological polar surface area (TPSA) is 30.5 Å². The molecule has 0 unspecified atom stereocenters. The van der Waals surface area contributed by atoms with Crippen LogP contribution in [0.2, 0.25) is 0 Å². The van der Waals surface area contributed by atoms with Gasteiger partial charge in [-0.25, -0.2) is 0 Å². The minimum absolute atomic E-state index is 0.260. The van der Waals surface area contributed by atoms with Crippen molar-refractivity contribution >= 4 is 0 Å². The Hall–Kier alpha value is -1.66. The predicted octanol–water partition coefficient (Wildman–Crippen LogP) is 3.13. The van der Waals surface area contributed by atoms with E-state index in [1.54, 1.807) is 7.11 Å². The monoisotopic (exact) mass is 273 g/mol. The number of nitrogens with one attached hydrogen (secondary N) is 1. The second-order valence-corrected chi connectivity index (χ2v) is 5.19. The highest BCUT2D eigenvalue weighted by Crippen LogP contribution is 2.28. The van der Waals surface area contributed by atoms with Crippen molar-refractivity contribution in [2.75, 3.05) is 13.7 Å². The molecule has 1 fully saturated rings. The average Bonchev–Trinajstić information content (AvgIpc) is 2.52. The quantitative estimate of drug-likeness (QED) is 0.808. The van der Waals surface area contributed by atoms with E-state index in [1.807, 2.05) is 12.1 Å². The molecule has 3 heteroatoms. The summed E-state index contributed by atoms with van der Waals surface area (Å²) < 4.78 is 10.8. The molecule has 1 aromatic carbocycles. The lowest BCUT2D eigenvalue weighted by atomic mass is 9.95. The lowest BCUT2D eigenvalue weighted by Crippen LogP contribution is -2.30. The smallest absolute Gasteiger partial charge is 0.162 e. The minimum Gasteiger partial charge on any atom is -0.493 e. The molecule has 0 aromatic heterocycles. The first kappa shape index (κ1) is 14.7. The van der Waals surface area contributed by atoms with Crippen molar-refractivity contribution in [1.82, 2.24) is 5.32 Å². The van der Waals surface area contributed by atoms with Gasteiger partial charge < -0.3 is 14.8 Å². The van der Waals surface area contributed by atoms with Gasteiger partial charge in [0.1, 0.15) is 6.61 Å². The molecule has 3 nitrogen and oxygen atoms in total. The van der Waals surface area contributed by atoms with E-state index in [-0.39, 0.29) is 6.61 Å². The number of benzene rings is 1. The molecule has 0 saturated heterocycles. The zero-order valence-corrected chi connectivity index (χ0v) is 12.2. The van der Waals surface area contributed by atoms with Gasteiger partial charge in [0.05, 0.1) is 7.11 Å². The van der Waals surface area contributed by atoms with Crippen LogP contribution in [-0.4, -0.2) is 19.8 Å². The molecule has 0 atom stereocenters. The molecular formula is C17H23NO2. The predicted molar refractivity (Wildman–Crippen MR) is 81.0 cm³/mol. The number of ether oxygens (including phenoxy) is 2. The standard InChI is InChI=1S/C17H23NO2/c1-3-11-20-16-10-9-14(12-17(16)19-2)13-18-15-7-5-4-6-8-15/h1,9-10,12,15,18H,4-8,11,13H2,2H3. The molecule has 0 radical (unpaired) electrons. The summed E-state index contributed by atoms with van der Waals surface area (Å²) >= 11 is 0. The maximum atomic E-state index is 5.45. The Morgan fingerprint density at radius 3 is 2.75 bits per heavy atom. The van der Waals surface area contributed by atoms with Crippen LogP contribution in [0.3, 0.4) is 0 Å². The normalized spacial score (nSPS) is 15.6. The average molecular weight is 273 g/mol. The van der Waals surface area contributed by atoms with Crippen LogP contribution < -0.4 is 14.8 Å². The Bertz CT molecular complexity index is 459. The van der Waals surface area contributed by atoms with Gasteiger partial charge in [-0.05, 0) is 30.5 Å². The molecule has 1 aliphatic rings. The van der Waals surface area contributed by atoms with Crippen LogP contribution in [0.4, 0.5) is 0 Å². The van der Waals surface area contributed by atoms with Crippen molar-refractivity contribution in [3.63, 3.8) is 0 Å². The summed E-state index contributed by atoms with van der Waals surface area (Å²) in [6.45, 7) is 1.13. The van der Waals surface area contributed by atoms with Gasteiger partial charge in [0.15, 0.2) is 11.5 Å². The van der Waals surface area contributed by atoms with Crippen LogP contribution >= 0.6 is 0 Å². The van der Waals surface area contributed by atoms with E-state index in [4.69, 9.17) is 15.9 Å². The summed E-state index contributed by atoms with van der Waals surface area (Å²) in [6, 6.07) is 6.66. The summed E-state index contributed by atoms with van der Waals surface area (Å²) in [5, 5.41) is 3.62. The molecule has 1 aromatic rings. The van der Waals surface area contributed by atoms with Gasteiger partial charge in [0, 0.05) is 12.6 Å². The van der Waals surface area contributed by atoms with Gasteiger partial charge in [-0.3, -0.25) is 0 Å². The van der Waals surface area contributed by atoms with Crippen LogP contribution in [0.15, 0.2) is 18.2 Å². The third-order valence-electron chi connectivity index (χ3n) is 3.74. The Morgan fingerprint density at radius 1 is 1.25 bits per heavy atom. The van der Waals surface area contributed by atoms with Gasteiger partial charge >= 0.3 is 0 Å². The van der Waals surface area contributed by atoms with E-state index in [2.05, 4.69) is 17.3 Å².